The van der Waals surface area contributed by atoms with Crippen LogP contribution in [0.5, 0.6) is 0 Å². The lowest BCUT2D eigenvalue weighted by Crippen LogP contribution is -2.14. The Labute approximate surface area is 385 Å². The molecule has 0 bridgehead atoms. The number of rotatable bonds is 12. The number of hydrogen-bond donors (Lipinski definition) is 0. The van der Waals surface area contributed by atoms with Gasteiger partial charge in [-0.3, -0.25) is 0 Å². The van der Waals surface area contributed by atoms with Gasteiger partial charge in [-0.25, -0.2) is 0 Å². The zero-order chi connectivity index (χ0) is 42.9. The van der Waals surface area contributed by atoms with Crippen LogP contribution >= 0.6 is 0 Å². The Morgan fingerprint density at radius 3 is 1.03 bits per heavy atom. The summed E-state index contributed by atoms with van der Waals surface area (Å²) >= 11 is 0. The predicted octanol–water partition coefficient (Wildman–Crippen LogP) is 18.7. The second-order valence-electron chi connectivity index (χ2n) is 20.0. The maximum absolute atomic E-state index is 2.51. The Morgan fingerprint density at radius 2 is 0.672 bits per heavy atom. The largest absolute Gasteiger partial charge is 0.310 e. The molecule has 10 rings (SSSR count). The lowest BCUT2D eigenvalue weighted by atomic mass is 9.85. The van der Waals surface area contributed by atoms with E-state index in [-0.39, 0.29) is 0 Å². The molecule has 0 unspecified atom stereocenters. The van der Waals surface area contributed by atoms with Gasteiger partial charge in [0.25, 0.3) is 0 Å². The number of allylic oxidation sites excluding steroid dienone is 2. The molecule has 0 heterocycles. The molecule has 64 heavy (non-hydrogen) atoms. The van der Waals surface area contributed by atoms with Crippen LogP contribution in [0.1, 0.15) is 151 Å². The lowest BCUT2D eigenvalue weighted by molar-refractivity contribution is 0.356. The minimum absolute atomic E-state index is 0.819. The molecule has 0 amide bonds. The van der Waals surface area contributed by atoms with Crippen LogP contribution in [0.25, 0.3) is 22.9 Å². The second-order valence-corrected chi connectivity index (χ2v) is 20.0. The van der Waals surface area contributed by atoms with Crippen LogP contribution in [0.2, 0.25) is 0 Å². The van der Waals surface area contributed by atoms with Gasteiger partial charge < -0.3 is 9.80 Å². The summed E-state index contributed by atoms with van der Waals surface area (Å²) in [6.45, 7) is 0. The first-order chi connectivity index (χ1) is 31.7. The monoisotopic (exact) mass is 843 g/mol. The van der Waals surface area contributed by atoms with Gasteiger partial charge in [-0.2, -0.15) is 0 Å². The van der Waals surface area contributed by atoms with E-state index in [0.29, 0.717) is 0 Å². The molecular formula is C62H70N2. The van der Waals surface area contributed by atoms with E-state index in [2.05, 4.69) is 155 Å². The molecule has 4 aliphatic carbocycles. The van der Waals surface area contributed by atoms with E-state index in [0.717, 1.165) is 11.8 Å². The fourth-order valence-corrected chi connectivity index (χ4v) is 11.7. The summed E-state index contributed by atoms with van der Waals surface area (Å²) in [6.07, 6.45) is 34.1. The first kappa shape index (κ1) is 42.6. The zero-order valence-corrected chi connectivity index (χ0v) is 38.5. The molecule has 0 aromatic heterocycles. The summed E-state index contributed by atoms with van der Waals surface area (Å²) in [5.74, 6) is 1.64. The van der Waals surface area contributed by atoms with E-state index in [1.54, 1.807) is 11.1 Å². The Morgan fingerprint density at radius 1 is 0.344 bits per heavy atom. The molecule has 6 aromatic carbocycles. The van der Waals surface area contributed by atoms with Gasteiger partial charge in [0, 0.05) is 33.5 Å². The standard InChI is InChI=1S/C62H70N2/c1-5-15-47(16-6-1)43-51-25-33-55(34-26-51)63(56-35-27-52(28-36-56)44-48-17-7-2-8-18-48)61-41-42-62(60-24-14-13-23-59(60)61)64(57-37-29-53(30-38-57)45-49-19-9-3-10-20-49)58-39-31-54(32-40-58)46-50-21-11-4-12-22-50/h13-14,23-43,45,48,50H,1-12,15-22,44,46H2. The fourth-order valence-electron chi connectivity index (χ4n) is 11.7. The first-order valence-electron chi connectivity index (χ1n) is 25.6. The van der Waals surface area contributed by atoms with E-state index in [1.807, 2.05) is 0 Å². The van der Waals surface area contributed by atoms with Gasteiger partial charge >= 0.3 is 0 Å². The van der Waals surface area contributed by atoms with Gasteiger partial charge in [-0.15, -0.1) is 0 Å². The quantitative estimate of drug-likeness (QED) is 0.121. The van der Waals surface area contributed by atoms with Crippen molar-refractivity contribution in [2.75, 3.05) is 9.80 Å². The summed E-state index contributed by atoms with van der Waals surface area (Å²) in [4.78, 5) is 5.01. The average molecular weight is 843 g/mol. The highest BCUT2D eigenvalue weighted by molar-refractivity contribution is 6.07. The van der Waals surface area contributed by atoms with Gasteiger partial charge in [-0.05, 0) is 159 Å². The van der Waals surface area contributed by atoms with Crippen molar-refractivity contribution in [3.63, 3.8) is 0 Å². The maximum atomic E-state index is 2.51. The molecule has 0 atom stereocenters. The SMILES string of the molecule is C(=C1CCCCC1)c1ccc(N(c2ccc(CC3CCCCC3)cc2)c2ccc(N(c3ccc(C=C4CCCCC4)cc3)c3ccc(CC4CCCCC4)cc3)c3ccccc23)cc1. The third-order valence-corrected chi connectivity index (χ3v) is 15.3. The minimum Gasteiger partial charge on any atom is -0.310 e. The maximum Gasteiger partial charge on any atom is 0.0541 e. The molecule has 4 fully saturated rings. The summed E-state index contributed by atoms with van der Waals surface area (Å²) in [5, 5.41) is 2.49. The predicted molar refractivity (Wildman–Crippen MR) is 276 cm³/mol. The van der Waals surface area contributed by atoms with Crippen molar-refractivity contribution in [1.82, 2.24) is 0 Å². The third-order valence-electron chi connectivity index (χ3n) is 15.3. The van der Waals surface area contributed by atoms with Crippen LogP contribution in [-0.4, -0.2) is 0 Å². The van der Waals surface area contributed by atoms with Gasteiger partial charge in [0.15, 0.2) is 0 Å². The highest BCUT2D eigenvalue weighted by atomic mass is 15.2. The number of anilines is 6. The fraction of sp³-hybridized carbons (Fsp3) is 0.387. The van der Waals surface area contributed by atoms with Crippen LogP contribution in [-0.2, 0) is 12.8 Å². The Balaban J connectivity index is 1.04. The van der Waals surface area contributed by atoms with E-state index in [9.17, 15) is 0 Å². The zero-order valence-electron chi connectivity index (χ0n) is 38.5. The summed E-state index contributed by atoms with van der Waals surface area (Å²) in [6, 6.07) is 51.8. The minimum atomic E-state index is 0.819. The van der Waals surface area contributed by atoms with Crippen molar-refractivity contribution in [2.45, 2.75) is 141 Å². The highest BCUT2D eigenvalue weighted by Gasteiger charge is 2.22. The molecule has 0 radical (unpaired) electrons. The molecule has 4 aliphatic rings. The molecule has 0 spiro atoms. The lowest BCUT2D eigenvalue weighted by Gasteiger charge is -2.31. The summed E-state index contributed by atoms with van der Waals surface area (Å²) in [7, 11) is 0. The van der Waals surface area contributed by atoms with Crippen LogP contribution in [0.3, 0.4) is 0 Å². The molecule has 2 nitrogen and oxygen atoms in total. The molecule has 6 aromatic rings. The van der Waals surface area contributed by atoms with Crippen molar-refractivity contribution >= 4 is 57.0 Å². The Hall–Kier alpha value is -5.34. The van der Waals surface area contributed by atoms with Gasteiger partial charge in [0.1, 0.15) is 0 Å². The van der Waals surface area contributed by atoms with E-state index >= 15 is 0 Å². The number of benzene rings is 6. The van der Waals surface area contributed by atoms with Crippen molar-refractivity contribution in [1.29, 1.82) is 0 Å². The first-order valence-corrected chi connectivity index (χ1v) is 25.6. The van der Waals surface area contributed by atoms with Gasteiger partial charge in [0.05, 0.1) is 11.4 Å². The van der Waals surface area contributed by atoms with Crippen LogP contribution in [0.15, 0.2) is 145 Å². The van der Waals surface area contributed by atoms with Gasteiger partial charge in [-0.1, -0.05) is 173 Å². The molecule has 0 saturated heterocycles. The topological polar surface area (TPSA) is 6.48 Å². The smallest absolute Gasteiger partial charge is 0.0541 e. The third kappa shape index (κ3) is 10.3. The molecule has 0 N–H and O–H groups in total. The summed E-state index contributed by atoms with van der Waals surface area (Å²) in [5.41, 5.74) is 16.0. The van der Waals surface area contributed by atoms with Crippen LogP contribution in [0, 0.1) is 11.8 Å². The van der Waals surface area contributed by atoms with Crippen molar-refractivity contribution in [2.24, 2.45) is 11.8 Å². The Kier molecular flexibility index (Phi) is 13.8. The molecular weight excluding hydrogens is 773 g/mol. The highest BCUT2D eigenvalue weighted by Crippen LogP contribution is 2.46. The number of nitrogens with zero attached hydrogens (tertiary/aromatic N) is 2. The van der Waals surface area contributed by atoms with Crippen LogP contribution < -0.4 is 9.80 Å². The van der Waals surface area contributed by atoms with Gasteiger partial charge in [0.2, 0.25) is 0 Å². The van der Waals surface area contributed by atoms with E-state index in [1.165, 1.54) is 208 Å². The molecule has 328 valence electrons. The normalized spacial score (nSPS) is 17.6. The molecule has 4 saturated carbocycles. The van der Waals surface area contributed by atoms with Crippen LogP contribution in [0.4, 0.5) is 34.1 Å². The Bertz CT molecular complexity index is 2300. The van der Waals surface area contributed by atoms with Crippen molar-refractivity contribution in [3.05, 3.63) is 167 Å². The van der Waals surface area contributed by atoms with Crippen molar-refractivity contribution < 1.29 is 0 Å². The van der Waals surface area contributed by atoms with E-state index in [4.69, 9.17) is 0 Å². The summed E-state index contributed by atoms with van der Waals surface area (Å²) < 4.78 is 0. The average Bonchev–Trinajstić information content (AvgIpc) is 3.35. The number of hydrogen-bond acceptors (Lipinski definition) is 2. The number of fused-ring (bicyclic) bond motifs is 1. The second kappa shape index (κ2) is 20.7. The van der Waals surface area contributed by atoms with E-state index < -0.39 is 0 Å². The molecule has 2 heteroatoms. The molecule has 0 aliphatic heterocycles. The van der Waals surface area contributed by atoms with Crippen molar-refractivity contribution in [3.8, 4) is 0 Å².